The molecular formula is C21H15N3O3S. The summed E-state index contributed by atoms with van der Waals surface area (Å²) >= 11 is 1.34. The summed E-state index contributed by atoms with van der Waals surface area (Å²) in [4.78, 5) is 29.6. The van der Waals surface area contributed by atoms with E-state index in [1.807, 2.05) is 36.4 Å². The summed E-state index contributed by atoms with van der Waals surface area (Å²) in [5.41, 5.74) is 1.17. The second-order valence-corrected chi connectivity index (χ2v) is 6.65. The molecule has 1 heterocycles. The van der Waals surface area contributed by atoms with E-state index in [0.717, 1.165) is 4.90 Å². The molecule has 0 aliphatic rings. The van der Waals surface area contributed by atoms with Crippen LogP contribution in [0, 0.1) is 11.3 Å². The maximum atomic E-state index is 12.4. The Bertz CT molecular complexity index is 1030. The molecule has 6 nitrogen and oxygen atoms in total. The first-order valence-electron chi connectivity index (χ1n) is 8.31. The van der Waals surface area contributed by atoms with Crippen molar-refractivity contribution in [3.8, 4) is 6.07 Å². The second-order valence-electron chi connectivity index (χ2n) is 5.59. The number of anilines is 1. The summed E-state index contributed by atoms with van der Waals surface area (Å²) in [6.45, 7) is -0.444. The fourth-order valence-electron chi connectivity index (χ4n) is 2.30. The zero-order chi connectivity index (χ0) is 19.8. The molecule has 1 amide bonds. The Kier molecular flexibility index (Phi) is 6.39. The van der Waals surface area contributed by atoms with Crippen LogP contribution in [0.3, 0.4) is 0 Å². The van der Waals surface area contributed by atoms with Gasteiger partial charge in [-0.1, -0.05) is 36.0 Å². The van der Waals surface area contributed by atoms with E-state index >= 15 is 0 Å². The lowest BCUT2D eigenvalue weighted by atomic mass is 10.2. The van der Waals surface area contributed by atoms with Crippen LogP contribution < -0.4 is 5.32 Å². The number of carbonyl (C=O) groups excluding carboxylic acids is 2. The number of ether oxygens (including phenoxy) is 1. The third kappa shape index (κ3) is 5.19. The van der Waals surface area contributed by atoms with Gasteiger partial charge >= 0.3 is 5.97 Å². The van der Waals surface area contributed by atoms with Crippen LogP contribution >= 0.6 is 11.8 Å². The van der Waals surface area contributed by atoms with Crippen LogP contribution in [0.4, 0.5) is 5.69 Å². The number of hydrogen-bond donors (Lipinski definition) is 1. The van der Waals surface area contributed by atoms with Crippen LogP contribution in [0.25, 0.3) is 0 Å². The van der Waals surface area contributed by atoms with Crippen molar-refractivity contribution < 1.29 is 14.3 Å². The van der Waals surface area contributed by atoms with Crippen molar-refractivity contribution in [2.45, 2.75) is 9.92 Å². The number of esters is 1. The fraction of sp³-hybridized carbons (Fsp3) is 0.0476. The third-order valence-electron chi connectivity index (χ3n) is 3.56. The first kappa shape index (κ1) is 19.1. The molecule has 0 aliphatic heterocycles. The van der Waals surface area contributed by atoms with E-state index in [-0.39, 0.29) is 5.56 Å². The minimum atomic E-state index is -0.632. The Morgan fingerprint density at radius 1 is 1.07 bits per heavy atom. The number of carbonyl (C=O) groups is 2. The lowest BCUT2D eigenvalue weighted by Crippen LogP contribution is -2.21. The van der Waals surface area contributed by atoms with Crippen molar-refractivity contribution >= 4 is 29.3 Å². The summed E-state index contributed by atoms with van der Waals surface area (Å²) in [6, 6.07) is 21.2. The summed E-state index contributed by atoms with van der Waals surface area (Å²) in [5.74, 6) is -1.13. The summed E-state index contributed by atoms with van der Waals surface area (Å²) in [7, 11) is 0. The molecule has 0 fully saturated rings. The molecule has 0 spiro atoms. The zero-order valence-corrected chi connectivity index (χ0v) is 15.5. The van der Waals surface area contributed by atoms with Crippen LogP contribution in [0.2, 0.25) is 0 Å². The summed E-state index contributed by atoms with van der Waals surface area (Å²) in [6.07, 6.45) is 1.59. The number of nitriles is 1. The van der Waals surface area contributed by atoms with Gasteiger partial charge in [-0.15, -0.1) is 0 Å². The number of benzene rings is 2. The Labute approximate surface area is 166 Å². The minimum absolute atomic E-state index is 0.288. The maximum Gasteiger partial charge on any atom is 0.341 e. The first-order valence-corrected chi connectivity index (χ1v) is 9.12. The Hall–Kier alpha value is -3.63. The smallest absolute Gasteiger partial charge is 0.341 e. The van der Waals surface area contributed by atoms with Crippen LogP contribution in [0.15, 0.2) is 82.8 Å². The van der Waals surface area contributed by atoms with Gasteiger partial charge < -0.3 is 10.1 Å². The normalized spacial score (nSPS) is 9.96. The molecule has 0 saturated heterocycles. The van der Waals surface area contributed by atoms with Crippen molar-refractivity contribution in [2.24, 2.45) is 0 Å². The van der Waals surface area contributed by atoms with E-state index in [4.69, 9.17) is 10.00 Å². The highest BCUT2D eigenvalue weighted by atomic mass is 32.2. The topological polar surface area (TPSA) is 92.1 Å². The zero-order valence-electron chi connectivity index (χ0n) is 14.7. The van der Waals surface area contributed by atoms with Crippen LogP contribution in [0.1, 0.15) is 15.9 Å². The second kappa shape index (κ2) is 9.35. The van der Waals surface area contributed by atoms with E-state index in [0.29, 0.717) is 16.3 Å². The van der Waals surface area contributed by atoms with Gasteiger partial charge in [-0.05, 0) is 42.5 Å². The van der Waals surface area contributed by atoms with Crippen LogP contribution in [-0.2, 0) is 9.53 Å². The fourth-order valence-corrected chi connectivity index (χ4v) is 3.19. The molecule has 3 aromatic rings. The lowest BCUT2D eigenvalue weighted by molar-refractivity contribution is -0.119. The van der Waals surface area contributed by atoms with Crippen molar-refractivity contribution in [2.75, 3.05) is 11.9 Å². The Morgan fingerprint density at radius 2 is 1.89 bits per heavy atom. The average molecular weight is 389 g/mol. The van der Waals surface area contributed by atoms with Gasteiger partial charge in [-0.25, -0.2) is 9.78 Å². The molecule has 3 rings (SSSR count). The molecule has 2 aromatic carbocycles. The molecule has 0 bridgehead atoms. The van der Waals surface area contributed by atoms with Gasteiger partial charge in [0.05, 0.1) is 17.2 Å². The van der Waals surface area contributed by atoms with Gasteiger partial charge in [0, 0.05) is 16.8 Å². The van der Waals surface area contributed by atoms with Crippen molar-refractivity contribution in [3.63, 3.8) is 0 Å². The molecule has 0 aliphatic carbocycles. The van der Waals surface area contributed by atoms with E-state index in [1.165, 1.54) is 17.8 Å². The van der Waals surface area contributed by atoms with Gasteiger partial charge in [-0.2, -0.15) is 5.26 Å². The van der Waals surface area contributed by atoms with Gasteiger partial charge in [0.2, 0.25) is 0 Å². The van der Waals surface area contributed by atoms with E-state index in [9.17, 15) is 9.59 Å². The number of aromatic nitrogens is 1. The predicted molar refractivity (Wildman–Crippen MR) is 105 cm³/mol. The van der Waals surface area contributed by atoms with Crippen molar-refractivity contribution in [1.82, 2.24) is 4.98 Å². The minimum Gasteiger partial charge on any atom is -0.452 e. The molecule has 138 valence electrons. The van der Waals surface area contributed by atoms with Gasteiger partial charge in [0.1, 0.15) is 5.03 Å². The summed E-state index contributed by atoms with van der Waals surface area (Å²) in [5, 5.41) is 12.0. The molecule has 0 saturated carbocycles. The van der Waals surface area contributed by atoms with E-state index in [2.05, 4.69) is 10.3 Å². The molecule has 28 heavy (non-hydrogen) atoms. The molecule has 0 atom stereocenters. The van der Waals surface area contributed by atoms with Gasteiger partial charge in [0.15, 0.2) is 6.61 Å². The highest BCUT2D eigenvalue weighted by molar-refractivity contribution is 7.99. The van der Waals surface area contributed by atoms with Crippen molar-refractivity contribution in [1.29, 1.82) is 5.26 Å². The third-order valence-corrected chi connectivity index (χ3v) is 4.59. The number of pyridine rings is 1. The summed E-state index contributed by atoms with van der Waals surface area (Å²) < 4.78 is 5.13. The lowest BCUT2D eigenvalue weighted by Gasteiger charge is -2.09. The number of hydrogen-bond acceptors (Lipinski definition) is 6. The van der Waals surface area contributed by atoms with Gasteiger partial charge in [0.25, 0.3) is 5.91 Å². The quantitative estimate of drug-likeness (QED) is 0.643. The molecule has 1 N–H and O–H groups in total. The molecule has 7 heteroatoms. The van der Waals surface area contributed by atoms with E-state index in [1.54, 1.807) is 36.5 Å². The Morgan fingerprint density at radius 3 is 2.68 bits per heavy atom. The largest absolute Gasteiger partial charge is 0.452 e. The SMILES string of the molecule is N#Cc1cccc(NC(=O)COC(=O)c2cccnc2Sc2ccccc2)c1. The number of rotatable bonds is 6. The highest BCUT2D eigenvalue weighted by Gasteiger charge is 2.16. The number of nitrogens with zero attached hydrogens (tertiary/aromatic N) is 2. The van der Waals surface area contributed by atoms with Gasteiger partial charge in [-0.3, -0.25) is 4.79 Å². The van der Waals surface area contributed by atoms with Crippen LogP contribution in [-0.4, -0.2) is 23.5 Å². The molecule has 1 aromatic heterocycles. The van der Waals surface area contributed by atoms with Crippen LogP contribution in [0.5, 0.6) is 0 Å². The molecule has 0 unspecified atom stereocenters. The van der Waals surface area contributed by atoms with Crippen molar-refractivity contribution in [3.05, 3.63) is 84.1 Å². The molecular weight excluding hydrogens is 374 g/mol. The average Bonchev–Trinajstić information content (AvgIpc) is 2.73. The number of nitrogens with one attached hydrogen (secondary N) is 1. The van der Waals surface area contributed by atoms with E-state index < -0.39 is 18.5 Å². The standard InChI is InChI=1S/C21H15N3O3S/c22-13-15-6-4-7-16(12-15)24-19(25)14-27-21(26)18-10-5-11-23-20(18)28-17-8-2-1-3-9-17/h1-12H,14H2,(H,24,25). The Balaban J connectivity index is 1.62. The predicted octanol–water partition coefficient (Wildman–Crippen LogP) is 3.90. The number of amides is 1. The molecule has 0 radical (unpaired) electrons. The first-order chi connectivity index (χ1) is 13.7. The monoisotopic (exact) mass is 389 g/mol. The maximum absolute atomic E-state index is 12.4. The highest BCUT2D eigenvalue weighted by Crippen LogP contribution is 2.28.